The molecule has 3 rings (SSSR count). The lowest BCUT2D eigenvalue weighted by Gasteiger charge is -2.38. The van der Waals surface area contributed by atoms with Crippen LogP contribution >= 0.6 is 0 Å². The Hall–Kier alpha value is -1.57. The van der Waals surface area contributed by atoms with Crippen molar-refractivity contribution in [1.82, 2.24) is 24.7 Å². The fraction of sp³-hybridized carbons (Fsp3) is 0.706. The SMILES string of the molecule is CC(C)N1CCN(CC(=O)N2CCO[C@@H](c3cnccn3)C2)CC1. The van der Waals surface area contributed by atoms with Crippen molar-refractivity contribution in [3.8, 4) is 0 Å². The van der Waals surface area contributed by atoms with Gasteiger partial charge in [0.1, 0.15) is 6.10 Å². The summed E-state index contributed by atoms with van der Waals surface area (Å²) in [5, 5.41) is 0. The van der Waals surface area contributed by atoms with Gasteiger partial charge in [-0.05, 0) is 13.8 Å². The van der Waals surface area contributed by atoms with Crippen LogP contribution in [0.1, 0.15) is 25.6 Å². The number of hydrogen-bond donors (Lipinski definition) is 0. The summed E-state index contributed by atoms with van der Waals surface area (Å²) in [6.07, 6.45) is 4.85. The van der Waals surface area contributed by atoms with Gasteiger partial charge in [-0.2, -0.15) is 0 Å². The number of rotatable bonds is 4. The van der Waals surface area contributed by atoms with Crippen molar-refractivity contribution in [2.75, 3.05) is 52.4 Å². The number of morpholine rings is 1. The highest BCUT2D eigenvalue weighted by molar-refractivity contribution is 5.78. The van der Waals surface area contributed by atoms with Gasteiger partial charge in [0, 0.05) is 51.2 Å². The first-order chi connectivity index (χ1) is 11.6. The van der Waals surface area contributed by atoms with Crippen molar-refractivity contribution in [1.29, 1.82) is 0 Å². The van der Waals surface area contributed by atoms with Crippen molar-refractivity contribution in [2.45, 2.75) is 26.0 Å². The Kier molecular flexibility index (Phi) is 5.76. The zero-order valence-corrected chi connectivity index (χ0v) is 14.6. The predicted octanol–water partition coefficient (Wildman–Crippen LogP) is 0.403. The lowest BCUT2D eigenvalue weighted by atomic mass is 10.2. The second-order valence-corrected chi connectivity index (χ2v) is 6.74. The van der Waals surface area contributed by atoms with E-state index in [0.29, 0.717) is 32.3 Å². The lowest BCUT2D eigenvalue weighted by Crippen LogP contribution is -2.53. The van der Waals surface area contributed by atoms with E-state index in [-0.39, 0.29) is 12.0 Å². The number of hydrogen-bond acceptors (Lipinski definition) is 6. The largest absolute Gasteiger partial charge is 0.368 e. The molecule has 7 nitrogen and oxygen atoms in total. The summed E-state index contributed by atoms with van der Waals surface area (Å²) < 4.78 is 5.76. The molecule has 1 atom stereocenters. The molecular formula is C17H27N5O2. The van der Waals surface area contributed by atoms with Crippen LogP contribution in [0.4, 0.5) is 0 Å². The molecule has 2 saturated heterocycles. The van der Waals surface area contributed by atoms with E-state index < -0.39 is 0 Å². The van der Waals surface area contributed by atoms with Gasteiger partial charge in [-0.25, -0.2) is 0 Å². The van der Waals surface area contributed by atoms with Crippen molar-refractivity contribution < 1.29 is 9.53 Å². The van der Waals surface area contributed by atoms with Gasteiger partial charge >= 0.3 is 0 Å². The molecule has 132 valence electrons. The predicted molar refractivity (Wildman–Crippen MR) is 90.5 cm³/mol. The second kappa shape index (κ2) is 8.00. The first-order valence-corrected chi connectivity index (χ1v) is 8.75. The third kappa shape index (κ3) is 4.28. The Bertz CT molecular complexity index is 531. The molecule has 0 unspecified atom stereocenters. The molecule has 0 bridgehead atoms. The molecule has 2 fully saturated rings. The molecule has 0 spiro atoms. The Morgan fingerprint density at radius 2 is 2.04 bits per heavy atom. The maximum atomic E-state index is 12.6. The highest BCUT2D eigenvalue weighted by Gasteiger charge is 2.28. The van der Waals surface area contributed by atoms with Gasteiger partial charge in [-0.1, -0.05) is 0 Å². The first kappa shape index (κ1) is 17.3. The maximum absolute atomic E-state index is 12.6. The Morgan fingerprint density at radius 3 is 2.71 bits per heavy atom. The summed E-state index contributed by atoms with van der Waals surface area (Å²) in [4.78, 5) is 27.6. The van der Waals surface area contributed by atoms with Gasteiger partial charge in [0.15, 0.2) is 0 Å². The summed E-state index contributed by atoms with van der Waals surface area (Å²) in [5.41, 5.74) is 0.792. The van der Waals surface area contributed by atoms with Gasteiger partial charge < -0.3 is 9.64 Å². The molecule has 2 aliphatic rings. The second-order valence-electron chi connectivity index (χ2n) is 6.74. The number of carbonyl (C=O) groups excluding carboxylic acids is 1. The Morgan fingerprint density at radius 1 is 1.25 bits per heavy atom. The fourth-order valence-corrected chi connectivity index (χ4v) is 3.26. The quantitative estimate of drug-likeness (QED) is 0.795. The molecule has 0 aliphatic carbocycles. The standard InChI is InChI=1S/C17H27N5O2/c1-14(2)21-7-5-20(6-8-21)13-17(23)22-9-10-24-16(12-22)15-11-18-3-4-19-15/h3-4,11,14,16H,5-10,12-13H2,1-2H3/t16-/m1/s1. The third-order valence-electron chi connectivity index (χ3n) is 4.83. The van der Waals surface area contributed by atoms with Crippen LogP contribution in [0.25, 0.3) is 0 Å². The van der Waals surface area contributed by atoms with Crippen molar-refractivity contribution in [3.05, 3.63) is 24.3 Å². The summed E-state index contributed by atoms with van der Waals surface area (Å²) in [6, 6.07) is 0.579. The molecule has 1 aromatic rings. The van der Waals surface area contributed by atoms with Gasteiger partial charge in [-0.3, -0.25) is 24.6 Å². The van der Waals surface area contributed by atoms with Crippen molar-refractivity contribution >= 4 is 5.91 Å². The fourth-order valence-electron chi connectivity index (χ4n) is 3.26. The highest BCUT2D eigenvalue weighted by Crippen LogP contribution is 2.20. The summed E-state index contributed by atoms with van der Waals surface area (Å²) in [5.74, 6) is 0.185. The zero-order valence-electron chi connectivity index (χ0n) is 14.6. The van der Waals surface area contributed by atoms with Crippen molar-refractivity contribution in [2.24, 2.45) is 0 Å². The van der Waals surface area contributed by atoms with E-state index in [1.54, 1.807) is 18.6 Å². The van der Waals surface area contributed by atoms with Crippen LogP contribution in [0.2, 0.25) is 0 Å². The minimum absolute atomic E-state index is 0.172. The molecule has 24 heavy (non-hydrogen) atoms. The van der Waals surface area contributed by atoms with E-state index in [2.05, 4.69) is 33.6 Å². The van der Waals surface area contributed by atoms with Gasteiger partial charge in [-0.15, -0.1) is 0 Å². The van der Waals surface area contributed by atoms with Crippen LogP contribution in [0.5, 0.6) is 0 Å². The summed E-state index contributed by atoms with van der Waals surface area (Å²) in [7, 11) is 0. The topological polar surface area (TPSA) is 61.8 Å². The normalized spacial score (nSPS) is 23.6. The number of carbonyl (C=O) groups is 1. The molecular weight excluding hydrogens is 306 g/mol. The Balaban J connectivity index is 1.50. The summed E-state index contributed by atoms with van der Waals surface area (Å²) >= 11 is 0. The Labute approximate surface area is 143 Å². The van der Waals surface area contributed by atoms with Crippen LogP contribution in [0, 0.1) is 0 Å². The minimum atomic E-state index is -0.172. The van der Waals surface area contributed by atoms with Crippen molar-refractivity contribution in [3.63, 3.8) is 0 Å². The van der Waals surface area contributed by atoms with Crippen LogP contribution in [-0.2, 0) is 9.53 Å². The van der Waals surface area contributed by atoms with Crippen LogP contribution < -0.4 is 0 Å². The molecule has 2 aliphatic heterocycles. The monoisotopic (exact) mass is 333 g/mol. The van der Waals surface area contributed by atoms with Crippen LogP contribution in [0.15, 0.2) is 18.6 Å². The number of aromatic nitrogens is 2. The van der Waals surface area contributed by atoms with Crippen LogP contribution in [0.3, 0.4) is 0 Å². The van der Waals surface area contributed by atoms with E-state index in [0.717, 1.165) is 31.9 Å². The number of nitrogens with zero attached hydrogens (tertiary/aromatic N) is 5. The molecule has 7 heteroatoms. The van der Waals surface area contributed by atoms with Gasteiger partial charge in [0.05, 0.1) is 31.6 Å². The third-order valence-corrected chi connectivity index (χ3v) is 4.83. The van der Waals surface area contributed by atoms with Gasteiger partial charge in [0.25, 0.3) is 0 Å². The molecule has 0 aromatic carbocycles. The van der Waals surface area contributed by atoms with Gasteiger partial charge in [0.2, 0.25) is 5.91 Å². The first-order valence-electron chi connectivity index (χ1n) is 8.75. The smallest absolute Gasteiger partial charge is 0.236 e. The average molecular weight is 333 g/mol. The molecule has 1 aromatic heterocycles. The van der Waals surface area contributed by atoms with E-state index in [9.17, 15) is 4.79 Å². The van der Waals surface area contributed by atoms with Crippen LogP contribution in [-0.4, -0.2) is 89.0 Å². The van der Waals surface area contributed by atoms with E-state index >= 15 is 0 Å². The van der Waals surface area contributed by atoms with E-state index in [4.69, 9.17) is 4.74 Å². The van der Waals surface area contributed by atoms with E-state index in [1.165, 1.54) is 0 Å². The zero-order chi connectivity index (χ0) is 16.9. The minimum Gasteiger partial charge on any atom is -0.368 e. The molecule has 0 saturated carbocycles. The average Bonchev–Trinajstić information content (AvgIpc) is 2.63. The molecule has 1 amide bonds. The number of amides is 1. The molecule has 0 N–H and O–H groups in total. The highest BCUT2D eigenvalue weighted by atomic mass is 16.5. The summed E-state index contributed by atoms with van der Waals surface area (Å²) in [6.45, 7) is 10.7. The molecule has 0 radical (unpaired) electrons. The number of piperazine rings is 1. The van der Waals surface area contributed by atoms with E-state index in [1.807, 2.05) is 4.90 Å². The maximum Gasteiger partial charge on any atom is 0.236 e. The molecule has 3 heterocycles. The lowest BCUT2D eigenvalue weighted by molar-refractivity contribution is -0.140. The number of ether oxygens (including phenoxy) is 1.